The van der Waals surface area contributed by atoms with Crippen LogP contribution in [0.2, 0.25) is 0 Å². The molecule has 1 aromatic heterocycles. The first kappa shape index (κ1) is 15.0. The van der Waals surface area contributed by atoms with Gasteiger partial charge in [-0.25, -0.2) is 9.18 Å². The van der Waals surface area contributed by atoms with Crippen LogP contribution in [0.1, 0.15) is 31.9 Å². The first-order chi connectivity index (χ1) is 10.0. The third kappa shape index (κ3) is 3.59. The van der Waals surface area contributed by atoms with Gasteiger partial charge in [0.15, 0.2) is 0 Å². The molecule has 0 amide bonds. The van der Waals surface area contributed by atoms with E-state index in [1.165, 1.54) is 18.2 Å². The lowest BCUT2D eigenvalue weighted by molar-refractivity contribution is 0.614. The van der Waals surface area contributed by atoms with Gasteiger partial charge in [0, 0.05) is 18.7 Å². The number of hydrogen-bond donors (Lipinski definition) is 2. The Bertz CT molecular complexity index is 705. The summed E-state index contributed by atoms with van der Waals surface area (Å²) < 4.78 is 14.3. The van der Waals surface area contributed by atoms with Crippen LogP contribution < -0.4 is 16.6 Å². The Kier molecular flexibility index (Phi) is 4.57. The molecule has 1 aromatic carbocycles. The minimum Gasteiger partial charge on any atom is -0.365 e. The topological polar surface area (TPSA) is 66.9 Å². The normalized spacial score (nSPS) is 12.1. The standard InChI is InChI=1S/C15H18FN3O2/c1-3-7-19-14(20)9-13(18-15(19)21)17-10(2)11-5-4-6-12(16)8-11/h4-6,8-10,17H,3,7H2,1-2H3,(H,18,21). The SMILES string of the molecule is CCCn1c(=O)cc(NC(C)c2cccc(F)c2)[nH]c1=O. The monoisotopic (exact) mass is 291 g/mol. The number of nitrogens with zero attached hydrogens (tertiary/aromatic N) is 1. The Labute approximate surface area is 121 Å². The Morgan fingerprint density at radius 2 is 2.10 bits per heavy atom. The van der Waals surface area contributed by atoms with E-state index in [2.05, 4.69) is 10.3 Å². The van der Waals surface area contributed by atoms with E-state index >= 15 is 0 Å². The van der Waals surface area contributed by atoms with Crippen molar-refractivity contribution in [2.75, 3.05) is 5.32 Å². The molecular formula is C15H18FN3O2. The molecule has 0 spiro atoms. The molecule has 2 N–H and O–H groups in total. The molecule has 0 fully saturated rings. The van der Waals surface area contributed by atoms with Crippen molar-refractivity contribution in [3.8, 4) is 0 Å². The van der Waals surface area contributed by atoms with Crippen LogP contribution in [0.25, 0.3) is 0 Å². The molecule has 6 heteroatoms. The number of halogens is 1. The molecule has 0 saturated carbocycles. The molecular weight excluding hydrogens is 273 g/mol. The minimum atomic E-state index is -0.446. The van der Waals surface area contributed by atoms with E-state index in [9.17, 15) is 14.0 Å². The van der Waals surface area contributed by atoms with Crippen LogP contribution in [0, 0.1) is 5.82 Å². The smallest absolute Gasteiger partial charge is 0.329 e. The van der Waals surface area contributed by atoms with Crippen molar-refractivity contribution in [3.05, 3.63) is 62.6 Å². The molecule has 1 heterocycles. The van der Waals surface area contributed by atoms with Crippen molar-refractivity contribution in [1.82, 2.24) is 9.55 Å². The van der Waals surface area contributed by atoms with Gasteiger partial charge in [0.05, 0.1) is 0 Å². The summed E-state index contributed by atoms with van der Waals surface area (Å²) in [6.07, 6.45) is 0.704. The summed E-state index contributed by atoms with van der Waals surface area (Å²) in [7, 11) is 0. The lowest BCUT2D eigenvalue weighted by Crippen LogP contribution is -2.35. The molecule has 2 aromatic rings. The first-order valence-corrected chi connectivity index (χ1v) is 6.87. The second kappa shape index (κ2) is 6.39. The van der Waals surface area contributed by atoms with Gasteiger partial charge >= 0.3 is 5.69 Å². The fourth-order valence-corrected chi connectivity index (χ4v) is 2.13. The van der Waals surface area contributed by atoms with Gasteiger partial charge in [-0.2, -0.15) is 0 Å². The van der Waals surface area contributed by atoms with E-state index in [-0.39, 0.29) is 17.4 Å². The molecule has 0 aliphatic rings. The van der Waals surface area contributed by atoms with Crippen molar-refractivity contribution >= 4 is 5.82 Å². The maximum absolute atomic E-state index is 13.2. The number of nitrogens with one attached hydrogen (secondary N) is 2. The van der Waals surface area contributed by atoms with Crippen molar-refractivity contribution in [1.29, 1.82) is 0 Å². The van der Waals surface area contributed by atoms with Crippen LogP contribution in [-0.2, 0) is 6.54 Å². The van der Waals surface area contributed by atoms with Crippen LogP contribution in [-0.4, -0.2) is 9.55 Å². The molecule has 5 nitrogen and oxygen atoms in total. The molecule has 21 heavy (non-hydrogen) atoms. The zero-order chi connectivity index (χ0) is 15.4. The summed E-state index contributed by atoms with van der Waals surface area (Å²) in [6.45, 7) is 4.10. The van der Waals surface area contributed by atoms with Gasteiger partial charge in [-0.05, 0) is 31.0 Å². The lowest BCUT2D eigenvalue weighted by atomic mass is 10.1. The highest BCUT2D eigenvalue weighted by Gasteiger charge is 2.09. The summed E-state index contributed by atoms with van der Waals surface area (Å²) in [4.78, 5) is 26.3. The van der Waals surface area contributed by atoms with Crippen LogP contribution in [0.4, 0.5) is 10.2 Å². The van der Waals surface area contributed by atoms with Crippen molar-refractivity contribution < 1.29 is 4.39 Å². The third-order valence-electron chi connectivity index (χ3n) is 3.19. The Morgan fingerprint density at radius 1 is 1.33 bits per heavy atom. The van der Waals surface area contributed by atoms with E-state index in [1.807, 2.05) is 13.8 Å². The predicted molar refractivity (Wildman–Crippen MR) is 80.1 cm³/mol. The van der Waals surface area contributed by atoms with Gasteiger partial charge in [-0.3, -0.25) is 14.3 Å². The summed E-state index contributed by atoms with van der Waals surface area (Å²) >= 11 is 0. The number of aromatic nitrogens is 2. The van der Waals surface area contributed by atoms with Gasteiger partial charge < -0.3 is 5.32 Å². The molecule has 0 aliphatic carbocycles. The number of aromatic amines is 1. The van der Waals surface area contributed by atoms with Crippen LogP contribution in [0.15, 0.2) is 39.9 Å². The number of hydrogen-bond acceptors (Lipinski definition) is 3. The highest BCUT2D eigenvalue weighted by atomic mass is 19.1. The number of benzene rings is 1. The Balaban J connectivity index is 2.24. The first-order valence-electron chi connectivity index (χ1n) is 6.87. The highest BCUT2D eigenvalue weighted by Crippen LogP contribution is 2.17. The minimum absolute atomic E-state index is 0.238. The van der Waals surface area contributed by atoms with Crippen LogP contribution in [0.3, 0.4) is 0 Å². The average molecular weight is 291 g/mol. The summed E-state index contributed by atoms with van der Waals surface area (Å²) in [5.41, 5.74) is -0.0681. The Morgan fingerprint density at radius 3 is 2.71 bits per heavy atom. The molecule has 2 rings (SSSR count). The van der Waals surface area contributed by atoms with Crippen molar-refractivity contribution in [2.24, 2.45) is 0 Å². The number of rotatable bonds is 5. The zero-order valence-corrected chi connectivity index (χ0v) is 12.0. The van der Waals surface area contributed by atoms with Gasteiger partial charge in [-0.1, -0.05) is 19.1 Å². The second-order valence-electron chi connectivity index (χ2n) is 4.90. The maximum atomic E-state index is 13.2. The second-order valence-corrected chi connectivity index (χ2v) is 4.90. The molecule has 0 aliphatic heterocycles. The van der Waals surface area contributed by atoms with Crippen molar-refractivity contribution in [3.63, 3.8) is 0 Å². The van der Waals surface area contributed by atoms with Gasteiger partial charge in [-0.15, -0.1) is 0 Å². The molecule has 1 atom stereocenters. The molecule has 0 saturated heterocycles. The predicted octanol–water partition coefficient (Wildman–Crippen LogP) is 2.26. The maximum Gasteiger partial charge on any atom is 0.329 e. The highest BCUT2D eigenvalue weighted by molar-refractivity contribution is 5.36. The molecule has 112 valence electrons. The zero-order valence-electron chi connectivity index (χ0n) is 12.0. The number of anilines is 1. The van der Waals surface area contributed by atoms with Gasteiger partial charge in [0.1, 0.15) is 11.6 Å². The summed E-state index contributed by atoms with van der Waals surface area (Å²) in [6, 6.07) is 7.27. The molecule has 1 unspecified atom stereocenters. The Hall–Kier alpha value is -2.37. The van der Waals surface area contributed by atoms with Crippen LogP contribution in [0.5, 0.6) is 0 Å². The lowest BCUT2D eigenvalue weighted by Gasteiger charge is -2.15. The quantitative estimate of drug-likeness (QED) is 0.888. The summed E-state index contributed by atoms with van der Waals surface area (Å²) in [5, 5.41) is 3.00. The van der Waals surface area contributed by atoms with E-state index in [0.29, 0.717) is 18.8 Å². The van der Waals surface area contributed by atoms with E-state index in [4.69, 9.17) is 0 Å². The van der Waals surface area contributed by atoms with Crippen molar-refractivity contribution in [2.45, 2.75) is 32.9 Å². The van der Waals surface area contributed by atoms with Crippen LogP contribution >= 0.6 is 0 Å². The fraction of sp³-hybridized carbons (Fsp3) is 0.333. The van der Waals surface area contributed by atoms with Gasteiger partial charge in [0.25, 0.3) is 5.56 Å². The van der Waals surface area contributed by atoms with E-state index in [1.54, 1.807) is 12.1 Å². The molecule has 0 radical (unpaired) electrons. The van der Waals surface area contributed by atoms with Gasteiger partial charge in [0.2, 0.25) is 0 Å². The summed E-state index contributed by atoms with van der Waals surface area (Å²) in [5.74, 6) is 0.00196. The van der Waals surface area contributed by atoms with E-state index in [0.717, 1.165) is 10.1 Å². The third-order valence-corrected chi connectivity index (χ3v) is 3.19. The fourth-order valence-electron chi connectivity index (χ4n) is 2.13. The number of H-pyrrole nitrogens is 1. The average Bonchev–Trinajstić information content (AvgIpc) is 2.43. The molecule has 0 bridgehead atoms. The largest absolute Gasteiger partial charge is 0.365 e. The van der Waals surface area contributed by atoms with E-state index < -0.39 is 5.69 Å².